The molecule has 0 spiro atoms. The lowest BCUT2D eigenvalue weighted by Crippen LogP contribution is -2.40. The van der Waals surface area contributed by atoms with Crippen LogP contribution in [0.3, 0.4) is 0 Å². The van der Waals surface area contributed by atoms with Crippen LogP contribution in [-0.2, 0) is 9.53 Å². The summed E-state index contributed by atoms with van der Waals surface area (Å²) in [5.41, 5.74) is 3.08. The van der Waals surface area contributed by atoms with Crippen LogP contribution in [-0.4, -0.2) is 47.1 Å². The van der Waals surface area contributed by atoms with Crippen molar-refractivity contribution in [2.45, 2.75) is 19.8 Å². The summed E-state index contributed by atoms with van der Waals surface area (Å²) in [4.78, 5) is 31.4. The second kappa shape index (κ2) is 7.42. The van der Waals surface area contributed by atoms with Gasteiger partial charge in [0.25, 0.3) is 11.6 Å². The molecular formula is C21H21N3O4. The van der Waals surface area contributed by atoms with E-state index >= 15 is 0 Å². The lowest BCUT2D eigenvalue weighted by Gasteiger charge is -2.31. The van der Waals surface area contributed by atoms with Gasteiger partial charge in [-0.2, -0.15) is 0 Å². The normalized spacial score (nSPS) is 15.0. The number of ether oxygens (including phenoxy) is 1. The number of esters is 1. The first-order chi connectivity index (χ1) is 13.6. The van der Waals surface area contributed by atoms with Gasteiger partial charge in [0.1, 0.15) is 0 Å². The number of benzene rings is 1. The van der Waals surface area contributed by atoms with Crippen LogP contribution in [0, 0.1) is 12.8 Å². The minimum absolute atomic E-state index is 0.0980. The number of nitrogens with zero attached hydrogens (tertiary/aromatic N) is 3. The van der Waals surface area contributed by atoms with E-state index in [-0.39, 0.29) is 17.8 Å². The summed E-state index contributed by atoms with van der Waals surface area (Å²) in [7, 11) is 1.40. The number of carbonyl (C=O) groups is 2. The number of fused-ring (bicyclic) bond motifs is 1. The third-order valence-corrected chi connectivity index (χ3v) is 5.23. The number of rotatable bonds is 3. The van der Waals surface area contributed by atoms with Crippen molar-refractivity contribution in [2.75, 3.05) is 20.2 Å². The van der Waals surface area contributed by atoms with E-state index in [1.54, 1.807) is 17.9 Å². The van der Waals surface area contributed by atoms with Crippen molar-refractivity contribution in [2.24, 2.45) is 5.92 Å². The fraction of sp³-hybridized carbons (Fsp3) is 0.333. The standard InChI is InChI=1S/C21H21N3O4/c1-13-18-16(20(25)24-10-8-15(9-11-24)21(26)27-2)12-17(22-19(18)28-23-13)14-6-4-3-5-7-14/h3-7,12,15H,8-11H2,1-2H3. The molecule has 4 rings (SSSR count). The summed E-state index contributed by atoms with van der Waals surface area (Å²) in [5.74, 6) is -0.456. The topological polar surface area (TPSA) is 85.5 Å². The van der Waals surface area contributed by atoms with Gasteiger partial charge in [-0.05, 0) is 25.8 Å². The number of amides is 1. The van der Waals surface area contributed by atoms with Gasteiger partial charge < -0.3 is 14.2 Å². The average Bonchev–Trinajstić information content (AvgIpc) is 3.13. The molecule has 3 heterocycles. The first kappa shape index (κ1) is 18.2. The van der Waals surface area contributed by atoms with Gasteiger partial charge >= 0.3 is 5.97 Å². The number of pyridine rings is 1. The molecule has 1 fully saturated rings. The molecule has 0 unspecified atom stereocenters. The predicted molar refractivity (Wildman–Crippen MR) is 103 cm³/mol. The molecule has 1 aliphatic heterocycles. The number of aryl methyl sites for hydroxylation is 1. The fourth-order valence-electron chi connectivity index (χ4n) is 3.68. The molecule has 0 saturated carbocycles. The second-order valence-corrected chi connectivity index (χ2v) is 6.96. The van der Waals surface area contributed by atoms with E-state index in [0.717, 1.165) is 5.56 Å². The van der Waals surface area contributed by atoms with Gasteiger partial charge in [-0.25, -0.2) is 4.98 Å². The monoisotopic (exact) mass is 379 g/mol. The van der Waals surface area contributed by atoms with E-state index in [9.17, 15) is 9.59 Å². The maximum atomic E-state index is 13.3. The van der Waals surface area contributed by atoms with E-state index in [4.69, 9.17) is 9.26 Å². The molecule has 3 aromatic rings. The van der Waals surface area contributed by atoms with Gasteiger partial charge in [0.05, 0.1) is 35.4 Å². The van der Waals surface area contributed by atoms with Gasteiger partial charge in [-0.1, -0.05) is 35.5 Å². The lowest BCUT2D eigenvalue weighted by molar-refractivity contribution is -0.146. The molecular weight excluding hydrogens is 358 g/mol. The smallest absolute Gasteiger partial charge is 0.308 e. The SMILES string of the molecule is COC(=O)C1CCN(C(=O)c2cc(-c3ccccc3)nc3onc(C)c23)CC1. The van der Waals surface area contributed by atoms with Crippen molar-refractivity contribution < 1.29 is 18.8 Å². The van der Waals surface area contributed by atoms with Crippen LogP contribution in [0.25, 0.3) is 22.4 Å². The third-order valence-electron chi connectivity index (χ3n) is 5.23. The fourth-order valence-corrected chi connectivity index (χ4v) is 3.68. The molecule has 7 nitrogen and oxygen atoms in total. The molecule has 0 bridgehead atoms. The summed E-state index contributed by atoms with van der Waals surface area (Å²) in [6.07, 6.45) is 1.20. The number of hydrogen-bond donors (Lipinski definition) is 0. The van der Waals surface area contributed by atoms with Gasteiger partial charge in [-0.15, -0.1) is 0 Å². The Morgan fingerprint density at radius 2 is 1.89 bits per heavy atom. The predicted octanol–water partition coefficient (Wildman–Crippen LogP) is 3.22. The third kappa shape index (κ3) is 3.24. The summed E-state index contributed by atoms with van der Waals surface area (Å²) in [5, 5.41) is 4.63. The van der Waals surface area contributed by atoms with Crippen molar-refractivity contribution in [1.29, 1.82) is 0 Å². The number of carbonyl (C=O) groups excluding carboxylic acids is 2. The largest absolute Gasteiger partial charge is 0.469 e. The zero-order valence-corrected chi connectivity index (χ0v) is 15.8. The Labute approximate surface area is 162 Å². The maximum Gasteiger partial charge on any atom is 0.308 e. The Hall–Kier alpha value is -3.22. The summed E-state index contributed by atoms with van der Waals surface area (Å²) >= 11 is 0. The molecule has 0 N–H and O–H groups in total. The summed E-state index contributed by atoms with van der Waals surface area (Å²) in [6, 6.07) is 11.5. The molecule has 2 aromatic heterocycles. The van der Waals surface area contributed by atoms with Crippen LogP contribution in [0.2, 0.25) is 0 Å². The highest BCUT2D eigenvalue weighted by molar-refractivity contribution is 6.07. The second-order valence-electron chi connectivity index (χ2n) is 6.96. The van der Waals surface area contributed by atoms with E-state index in [2.05, 4.69) is 10.1 Å². The Morgan fingerprint density at radius 1 is 1.18 bits per heavy atom. The van der Waals surface area contributed by atoms with Crippen molar-refractivity contribution in [1.82, 2.24) is 15.0 Å². The zero-order valence-electron chi connectivity index (χ0n) is 15.8. The Bertz CT molecular complexity index is 1020. The molecule has 144 valence electrons. The molecule has 0 atom stereocenters. The van der Waals surface area contributed by atoms with Crippen molar-refractivity contribution in [3.63, 3.8) is 0 Å². The molecule has 0 radical (unpaired) electrons. The quantitative estimate of drug-likeness (QED) is 0.650. The van der Waals surface area contributed by atoms with E-state index in [1.807, 2.05) is 30.3 Å². The summed E-state index contributed by atoms with van der Waals surface area (Å²) in [6.45, 7) is 2.82. The van der Waals surface area contributed by atoms with Crippen molar-refractivity contribution >= 4 is 23.0 Å². The summed E-state index contributed by atoms with van der Waals surface area (Å²) < 4.78 is 10.2. The van der Waals surface area contributed by atoms with Gasteiger partial charge in [0.15, 0.2) is 0 Å². The number of methoxy groups -OCH3 is 1. The Morgan fingerprint density at radius 3 is 2.57 bits per heavy atom. The minimum Gasteiger partial charge on any atom is -0.469 e. The van der Waals surface area contributed by atoms with Crippen molar-refractivity contribution in [3.05, 3.63) is 47.7 Å². The maximum absolute atomic E-state index is 13.3. The average molecular weight is 379 g/mol. The van der Waals surface area contributed by atoms with Crippen LogP contribution < -0.4 is 0 Å². The minimum atomic E-state index is -0.209. The molecule has 28 heavy (non-hydrogen) atoms. The highest BCUT2D eigenvalue weighted by Gasteiger charge is 2.30. The number of piperidine rings is 1. The molecule has 1 aliphatic rings. The van der Waals surface area contributed by atoms with E-state index in [0.29, 0.717) is 54.0 Å². The molecule has 1 saturated heterocycles. The zero-order chi connectivity index (χ0) is 19.7. The first-order valence-corrected chi connectivity index (χ1v) is 9.28. The van der Waals surface area contributed by atoms with E-state index in [1.165, 1.54) is 7.11 Å². The highest BCUT2D eigenvalue weighted by Crippen LogP contribution is 2.29. The number of aromatic nitrogens is 2. The first-order valence-electron chi connectivity index (χ1n) is 9.28. The molecule has 1 aromatic carbocycles. The van der Waals surface area contributed by atoms with Crippen molar-refractivity contribution in [3.8, 4) is 11.3 Å². The van der Waals surface area contributed by atoms with Gasteiger partial charge in [0.2, 0.25) is 0 Å². The van der Waals surface area contributed by atoms with Crippen LogP contribution >= 0.6 is 0 Å². The van der Waals surface area contributed by atoms with Crippen LogP contribution in [0.4, 0.5) is 0 Å². The number of hydrogen-bond acceptors (Lipinski definition) is 6. The number of likely N-dealkylation sites (tertiary alicyclic amines) is 1. The molecule has 0 aliphatic carbocycles. The van der Waals surface area contributed by atoms with Crippen LogP contribution in [0.15, 0.2) is 40.9 Å². The van der Waals surface area contributed by atoms with Crippen LogP contribution in [0.1, 0.15) is 28.9 Å². The Kier molecular flexibility index (Phi) is 4.81. The van der Waals surface area contributed by atoms with Gasteiger partial charge in [-0.3, -0.25) is 9.59 Å². The molecule has 7 heteroatoms. The Balaban J connectivity index is 1.68. The molecule has 1 amide bonds. The van der Waals surface area contributed by atoms with E-state index < -0.39 is 0 Å². The van der Waals surface area contributed by atoms with Gasteiger partial charge in [0, 0.05) is 18.7 Å². The lowest BCUT2D eigenvalue weighted by atomic mass is 9.96. The van der Waals surface area contributed by atoms with Crippen LogP contribution in [0.5, 0.6) is 0 Å². The highest BCUT2D eigenvalue weighted by atomic mass is 16.5.